The van der Waals surface area contributed by atoms with E-state index in [-0.39, 0.29) is 51.9 Å². The summed E-state index contributed by atoms with van der Waals surface area (Å²) in [6.45, 7) is 10.2. The molecule has 58 heavy (non-hydrogen) atoms. The van der Waals surface area contributed by atoms with Gasteiger partial charge in [0.15, 0.2) is 5.71 Å². The van der Waals surface area contributed by atoms with Gasteiger partial charge < -0.3 is 4.90 Å². The molecular weight excluding hydrogens is 799 g/mol. The summed E-state index contributed by atoms with van der Waals surface area (Å²) in [5.74, 6) is -0.529. The second-order valence-corrected chi connectivity index (χ2v) is 20.1. The molecule has 0 unspecified atom stereocenters. The number of anilines is 1. The summed E-state index contributed by atoms with van der Waals surface area (Å²) >= 11 is 7.29. The van der Waals surface area contributed by atoms with Gasteiger partial charge in [-0.2, -0.15) is 21.4 Å². The van der Waals surface area contributed by atoms with E-state index in [0.717, 1.165) is 58.2 Å². The Morgan fingerprint density at radius 1 is 0.724 bits per heavy atom. The van der Waals surface area contributed by atoms with Gasteiger partial charge in [0.1, 0.15) is 6.54 Å². The molecule has 0 atom stereocenters. The zero-order valence-electron chi connectivity index (χ0n) is 34.1. The molecule has 0 aromatic heterocycles. The van der Waals surface area contributed by atoms with Crippen LogP contribution in [0.5, 0.6) is 0 Å². The standard InChI is InChI=1S/C46H51ClN2O6S2.Na/c1-45(2)40(48(28-9-11-30-56(50,51)52)38-24-20-32-14-5-7-18-36(32)42(38)45)26-22-34-16-13-17-35(44(34)47)23-27-41-46(3,4)43-37-19-8-6-15-33(37)21-25-39(43)49(41)29-10-12-31-57(53,54)55;/h5-8,14-15,18-27H,9-13,16-17,28-31H2,1-4H3,(H-,50,51,52,53,54,55);/p+1. The SMILES string of the molecule is CC1(C)C(/C=C/C2=C(Cl)C(=C/C=C3\N(CCCCS(=O)(=O)O)c4ccc5ccccc5c4C3(C)C)/CCC2)=[N+](CCCCS(=O)(=O)O)c2ccc3ccccc3c21.[Na]. The Hall–Kier alpha value is -3.06. The van der Waals surface area contributed by atoms with Crippen molar-refractivity contribution < 1.29 is 30.5 Å². The van der Waals surface area contributed by atoms with Gasteiger partial charge in [-0.25, -0.2) is 0 Å². The first-order valence-corrected chi connectivity index (χ1v) is 23.4. The fourth-order valence-corrected chi connectivity index (χ4v) is 10.7. The third kappa shape index (κ3) is 9.15. The van der Waals surface area contributed by atoms with Crippen molar-refractivity contribution in [1.82, 2.24) is 0 Å². The molecule has 0 saturated heterocycles. The van der Waals surface area contributed by atoms with E-state index < -0.39 is 20.2 Å². The van der Waals surface area contributed by atoms with Crippen LogP contribution < -0.4 is 4.90 Å². The minimum absolute atomic E-state index is 0. The molecule has 2 heterocycles. The molecule has 1 radical (unpaired) electrons. The molecule has 7 rings (SSSR count). The second-order valence-electron chi connectivity index (χ2n) is 16.6. The van der Waals surface area contributed by atoms with Gasteiger partial charge in [0, 0.05) is 82.1 Å². The number of allylic oxidation sites excluding steroid dienone is 8. The third-order valence-corrected chi connectivity index (χ3v) is 14.0. The van der Waals surface area contributed by atoms with Crippen LogP contribution in [0.15, 0.2) is 119 Å². The van der Waals surface area contributed by atoms with Gasteiger partial charge in [0.25, 0.3) is 20.2 Å². The maximum atomic E-state index is 11.5. The largest absolute Gasteiger partial charge is 0.344 e. The first-order valence-electron chi connectivity index (χ1n) is 19.8. The first kappa shape index (κ1) is 44.5. The van der Waals surface area contributed by atoms with Crippen molar-refractivity contribution in [3.63, 3.8) is 0 Å². The van der Waals surface area contributed by atoms with E-state index in [1.807, 2.05) is 12.1 Å². The minimum Gasteiger partial charge on any atom is -0.344 e. The summed E-state index contributed by atoms with van der Waals surface area (Å²) in [5, 5.41) is 5.46. The molecule has 4 aromatic rings. The number of halogens is 1. The van der Waals surface area contributed by atoms with Crippen molar-refractivity contribution >= 4 is 100 Å². The Labute approximate surface area is 370 Å². The predicted octanol–water partition coefficient (Wildman–Crippen LogP) is 10.2. The Bertz CT molecular complexity index is 2640. The maximum absolute atomic E-state index is 11.5. The normalized spacial score (nSPS) is 19.2. The molecule has 0 amide bonds. The molecular formula is C46H52ClN2NaO6S2+. The molecule has 4 aromatic carbocycles. The van der Waals surface area contributed by atoms with Crippen LogP contribution in [0, 0.1) is 0 Å². The van der Waals surface area contributed by atoms with E-state index in [4.69, 9.17) is 11.6 Å². The molecule has 1 aliphatic carbocycles. The Morgan fingerprint density at radius 2 is 1.33 bits per heavy atom. The van der Waals surface area contributed by atoms with Crippen LogP contribution in [0.3, 0.4) is 0 Å². The molecule has 2 N–H and O–H groups in total. The zero-order valence-corrected chi connectivity index (χ0v) is 38.5. The Kier molecular flexibility index (Phi) is 13.4. The molecule has 2 aliphatic heterocycles. The van der Waals surface area contributed by atoms with Crippen LogP contribution in [0.1, 0.15) is 83.8 Å². The van der Waals surface area contributed by atoms with Crippen LogP contribution in [-0.4, -0.2) is 90.4 Å². The summed E-state index contributed by atoms with van der Waals surface area (Å²) in [7, 11) is -8.07. The Morgan fingerprint density at radius 3 is 1.98 bits per heavy atom. The van der Waals surface area contributed by atoms with Crippen LogP contribution in [0.2, 0.25) is 0 Å². The van der Waals surface area contributed by atoms with Crippen molar-refractivity contribution in [3.05, 3.63) is 130 Å². The van der Waals surface area contributed by atoms with E-state index in [1.54, 1.807) is 0 Å². The smallest absolute Gasteiger partial charge is 0.264 e. The molecule has 12 heteroatoms. The van der Waals surface area contributed by atoms with Gasteiger partial charge in [-0.05, 0) is 109 Å². The maximum Gasteiger partial charge on any atom is 0.264 e. The van der Waals surface area contributed by atoms with Crippen LogP contribution in [-0.2, 0) is 31.1 Å². The van der Waals surface area contributed by atoms with Crippen molar-refractivity contribution in [2.75, 3.05) is 29.5 Å². The van der Waals surface area contributed by atoms with E-state index in [2.05, 4.69) is 122 Å². The van der Waals surface area contributed by atoms with Crippen molar-refractivity contribution in [2.24, 2.45) is 0 Å². The number of hydrogen-bond acceptors (Lipinski definition) is 5. The number of unbranched alkanes of at least 4 members (excludes halogenated alkanes) is 2. The minimum atomic E-state index is -4.04. The summed E-state index contributed by atoms with van der Waals surface area (Å²) in [6.07, 6.45) is 13.2. The van der Waals surface area contributed by atoms with Crippen molar-refractivity contribution in [2.45, 2.75) is 83.5 Å². The monoisotopic (exact) mass is 850 g/mol. The van der Waals surface area contributed by atoms with E-state index in [9.17, 15) is 25.9 Å². The van der Waals surface area contributed by atoms with Gasteiger partial charge in [0.2, 0.25) is 5.69 Å². The molecule has 0 spiro atoms. The van der Waals surface area contributed by atoms with Crippen LogP contribution >= 0.6 is 11.6 Å². The van der Waals surface area contributed by atoms with E-state index >= 15 is 0 Å². The average molecular weight is 852 g/mol. The second kappa shape index (κ2) is 17.5. The number of nitrogens with zero attached hydrogens (tertiary/aromatic N) is 2. The first-order chi connectivity index (χ1) is 27.0. The molecule has 8 nitrogen and oxygen atoms in total. The fraction of sp³-hybridized carbons (Fsp3) is 0.370. The fourth-order valence-electron chi connectivity index (χ4n) is 9.23. The van der Waals surface area contributed by atoms with Crippen molar-refractivity contribution in [1.29, 1.82) is 0 Å². The summed E-state index contributed by atoms with van der Waals surface area (Å²) < 4.78 is 67.0. The Balaban J connectivity index is 0.00000567. The number of hydrogen-bond donors (Lipinski definition) is 2. The van der Waals surface area contributed by atoms with Gasteiger partial charge in [-0.1, -0.05) is 92.2 Å². The topological polar surface area (TPSA) is 115 Å². The van der Waals surface area contributed by atoms with Crippen LogP contribution in [0.25, 0.3) is 21.5 Å². The quantitative estimate of drug-likeness (QED) is 0.0596. The van der Waals surface area contributed by atoms with Gasteiger partial charge in [0.05, 0.1) is 16.9 Å². The predicted molar refractivity (Wildman–Crippen MR) is 240 cm³/mol. The summed E-state index contributed by atoms with van der Waals surface area (Å²) in [5.41, 5.74) is 8.33. The molecule has 0 bridgehead atoms. The number of rotatable bonds is 13. The molecule has 0 saturated carbocycles. The van der Waals surface area contributed by atoms with Crippen LogP contribution in [0.4, 0.5) is 11.4 Å². The number of benzene rings is 4. The average Bonchev–Trinajstić information content (AvgIpc) is 3.51. The molecule has 0 fully saturated rings. The van der Waals surface area contributed by atoms with Gasteiger partial charge in [-0.15, -0.1) is 0 Å². The zero-order chi connectivity index (χ0) is 40.8. The van der Waals surface area contributed by atoms with E-state index in [0.29, 0.717) is 38.8 Å². The number of fused-ring (bicyclic) bond motifs is 6. The molecule has 3 aliphatic rings. The van der Waals surface area contributed by atoms with Gasteiger partial charge >= 0.3 is 0 Å². The summed E-state index contributed by atoms with van der Waals surface area (Å²) in [6, 6.07) is 25.4. The summed E-state index contributed by atoms with van der Waals surface area (Å²) in [4.78, 5) is 2.30. The molecule has 301 valence electrons. The van der Waals surface area contributed by atoms with Gasteiger partial charge in [-0.3, -0.25) is 9.11 Å². The van der Waals surface area contributed by atoms with E-state index in [1.165, 1.54) is 32.7 Å². The van der Waals surface area contributed by atoms with Crippen molar-refractivity contribution in [3.8, 4) is 0 Å². The third-order valence-electron chi connectivity index (χ3n) is 11.9.